The van der Waals surface area contributed by atoms with Gasteiger partial charge >= 0.3 is 0 Å². The number of hydrogen-bond acceptors (Lipinski definition) is 1. The summed E-state index contributed by atoms with van der Waals surface area (Å²) in [6.07, 6.45) is 7.92. The molecule has 1 aliphatic rings. The molecule has 0 bridgehead atoms. The molecule has 64 valence electrons. The molecule has 1 rings (SSSR count). The van der Waals surface area contributed by atoms with Gasteiger partial charge < -0.3 is 4.90 Å². The lowest BCUT2D eigenvalue weighted by atomic mass is 10.2. The average Bonchev–Trinajstić information content (AvgIpc) is 2.53. The number of hydrogen-bond donors (Lipinski definition) is 0. The summed E-state index contributed by atoms with van der Waals surface area (Å²) in [5, 5.41) is 0. The first kappa shape index (κ1) is 8.78. The molecule has 0 atom stereocenters. The second kappa shape index (κ2) is 3.39. The summed E-state index contributed by atoms with van der Waals surface area (Å²) in [5.41, 5.74) is 2.10. The number of carbonyl (C=O) groups excluding carboxylic acids is 1. The van der Waals surface area contributed by atoms with Crippen LogP contribution in [0.15, 0.2) is 35.6 Å². The lowest BCUT2D eigenvalue weighted by molar-refractivity contribution is -0.125. The van der Waals surface area contributed by atoms with Crippen molar-refractivity contribution in [3.63, 3.8) is 0 Å². The van der Waals surface area contributed by atoms with Crippen LogP contribution in [0.4, 0.5) is 0 Å². The maximum Gasteiger partial charge on any atom is 0.223 e. The van der Waals surface area contributed by atoms with Gasteiger partial charge in [-0.2, -0.15) is 0 Å². The molecule has 0 heterocycles. The summed E-state index contributed by atoms with van der Waals surface area (Å²) < 4.78 is 0. The van der Waals surface area contributed by atoms with Crippen LogP contribution in [-0.4, -0.2) is 17.9 Å². The fourth-order valence-corrected chi connectivity index (χ4v) is 1.05. The van der Waals surface area contributed by atoms with Crippen molar-refractivity contribution in [1.29, 1.82) is 0 Å². The Bertz CT molecular complexity index is 270. The zero-order valence-corrected chi connectivity index (χ0v) is 7.66. The molecule has 0 spiro atoms. The van der Waals surface area contributed by atoms with E-state index in [9.17, 15) is 4.79 Å². The Labute approximate surface area is 72.9 Å². The molecule has 2 nitrogen and oxygen atoms in total. The quantitative estimate of drug-likeness (QED) is 0.577. The van der Waals surface area contributed by atoms with Gasteiger partial charge in [0.2, 0.25) is 5.91 Å². The fourth-order valence-electron chi connectivity index (χ4n) is 1.05. The van der Waals surface area contributed by atoms with Gasteiger partial charge in [-0.05, 0) is 12.5 Å². The molecular formula is C10H13NO. The Morgan fingerprint density at radius 2 is 1.75 bits per heavy atom. The van der Waals surface area contributed by atoms with Crippen molar-refractivity contribution in [2.45, 2.75) is 13.8 Å². The van der Waals surface area contributed by atoms with Crippen LogP contribution in [-0.2, 0) is 4.79 Å². The molecule has 0 N–H and O–H groups in total. The Morgan fingerprint density at radius 1 is 1.25 bits per heavy atom. The molecule has 0 saturated carbocycles. The van der Waals surface area contributed by atoms with E-state index in [1.807, 2.05) is 31.2 Å². The summed E-state index contributed by atoms with van der Waals surface area (Å²) >= 11 is 0. The van der Waals surface area contributed by atoms with Crippen LogP contribution in [0.25, 0.3) is 0 Å². The second-order valence-corrected chi connectivity index (χ2v) is 2.84. The van der Waals surface area contributed by atoms with Crippen molar-refractivity contribution in [2.24, 2.45) is 0 Å². The van der Waals surface area contributed by atoms with Crippen molar-refractivity contribution >= 4 is 5.91 Å². The molecule has 0 aromatic heterocycles. The van der Waals surface area contributed by atoms with E-state index in [2.05, 4.69) is 0 Å². The number of allylic oxidation sites excluding steroid dienone is 6. The summed E-state index contributed by atoms with van der Waals surface area (Å²) in [6, 6.07) is 0. The molecule has 2 heteroatoms. The van der Waals surface area contributed by atoms with E-state index < -0.39 is 0 Å². The fraction of sp³-hybridized carbons (Fsp3) is 0.300. The number of rotatable bonds is 1. The maximum atomic E-state index is 11.0. The van der Waals surface area contributed by atoms with E-state index in [0.717, 1.165) is 11.3 Å². The minimum atomic E-state index is 0.0636. The van der Waals surface area contributed by atoms with E-state index in [1.54, 1.807) is 18.9 Å². The number of carbonyl (C=O) groups is 1. The summed E-state index contributed by atoms with van der Waals surface area (Å²) in [6.45, 7) is 3.50. The van der Waals surface area contributed by atoms with Crippen molar-refractivity contribution in [3.05, 3.63) is 35.6 Å². The average molecular weight is 163 g/mol. The smallest absolute Gasteiger partial charge is 0.223 e. The molecular weight excluding hydrogens is 150 g/mol. The van der Waals surface area contributed by atoms with Crippen LogP contribution >= 0.6 is 0 Å². The van der Waals surface area contributed by atoms with Crippen LogP contribution in [0.3, 0.4) is 0 Å². The predicted molar refractivity (Wildman–Crippen MR) is 49.4 cm³/mol. The van der Waals surface area contributed by atoms with Gasteiger partial charge in [0.25, 0.3) is 0 Å². The van der Waals surface area contributed by atoms with Crippen LogP contribution in [0, 0.1) is 0 Å². The highest BCUT2D eigenvalue weighted by Crippen LogP contribution is 2.15. The third kappa shape index (κ3) is 1.64. The third-order valence-electron chi connectivity index (χ3n) is 2.06. The lowest BCUT2D eigenvalue weighted by Crippen LogP contribution is -2.22. The molecule has 1 aliphatic carbocycles. The summed E-state index contributed by atoms with van der Waals surface area (Å²) in [5.74, 6) is 0.0636. The molecule has 0 radical (unpaired) electrons. The van der Waals surface area contributed by atoms with Gasteiger partial charge in [0.1, 0.15) is 0 Å². The van der Waals surface area contributed by atoms with Gasteiger partial charge in [0.05, 0.1) is 0 Å². The van der Waals surface area contributed by atoms with Crippen LogP contribution < -0.4 is 0 Å². The molecule has 0 unspecified atom stereocenters. The van der Waals surface area contributed by atoms with Gasteiger partial charge in [0, 0.05) is 19.7 Å². The Morgan fingerprint density at radius 3 is 2.17 bits per heavy atom. The molecule has 0 aliphatic heterocycles. The second-order valence-electron chi connectivity index (χ2n) is 2.84. The Hall–Kier alpha value is -1.31. The van der Waals surface area contributed by atoms with Gasteiger partial charge in [-0.15, -0.1) is 0 Å². The zero-order chi connectivity index (χ0) is 9.14. The highest BCUT2D eigenvalue weighted by atomic mass is 16.2. The van der Waals surface area contributed by atoms with Gasteiger partial charge in [-0.25, -0.2) is 0 Å². The SMILES string of the molecule is CC(=O)N(C)C(C)=C1C=CC=C1. The van der Waals surface area contributed by atoms with E-state index in [0.29, 0.717) is 0 Å². The third-order valence-corrected chi connectivity index (χ3v) is 2.06. The van der Waals surface area contributed by atoms with Crippen molar-refractivity contribution in [2.75, 3.05) is 7.05 Å². The van der Waals surface area contributed by atoms with E-state index >= 15 is 0 Å². The molecule has 0 saturated heterocycles. The monoisotopic (exact) mass is 163 g/mol. The van der Waals surface area contributed by atoms with Crippen LogP contribution in [0.1, 0.15) is 13.8 Å². The first-order valence-electron chi connectivity index (χ1n) is 3.93. The van der Waals surface area contributed by atoms with Gasteiger partial charge in [-0.1, -0.05) is 24.3 Å². The van der Waals surface area contributed by atoms with Gasteiger partial charge in [0.15, 0.2) is 0 Å². The van der Waals surface area contributed by atoms with Crippen molar-refractivity contribution < 1.29 is 4.79 Å². The van der Waals surface area contributed by atoms with Crippen LogP contribution in [0.5, 0.6) is 0 Å². The summed E-state index contributed by atoms with van der Waals surface area (Å²) in [4.78, 5) is 12.6. The minimum Gasteiger partial charge on any atom is -0.319 e. The van der Waals surface area contributed by atoms with E-state index in [1.165, 1.54) is 0 Å². The topological polar surface area (TPSA) is 20.3 Å². The first-order valence-corrected chi connectivity index (χ1v) is 3.93. The number of amides is 1. The molecule has 0 aromatic rings. The van der Waals surface area contributed by atoms with Crippen molar-refractivity contribution in [1.82, 2.24) is 4.90 Å². The molecule has 0 fully saturated rings. The van der Waals surface area contributed by atoms with Crippen molar-refractivity contribution in [3.8, 4) is 0 Å². The highest BCUT2D eigenvalue weighted by molar-refractivity contribution is 5.75. The van der Waals surface area contributed by atoms with E-state index in [4.69, 9.17) is 0 Å². The Balaban J connectivity index is 2.88. The summed E-state index contributed by atoms with van der Waals surface area (Å²) in [7, 11) is 1.78. The first-order chi connectivity index (χ1) is 5.63. The Kier molecular flexibility index (Phi) is 2.48. The molecule has 1 amide bonds. The predicted octanol–water partition coefficient (Wildman–Crippen LogP) is 1.86. The minimum absolute atomic E-state index is 0.0636. The zero-order valence-electron chi connectivity index (χ0n) is 7.66. The van der Waals surface area contributed by atoms with E-state index in [-0.39, 0.29) is 5.91 Å². The van der Waals surface area contributed by atoms with Crippen LogP contribution in [0.2, 0.25) is 0 Å². The van der Waals surface area contributed by atoms with Gasteiger partial charge in [-0.3, -0.25) is 4.79 Å². The number of nitrogens with zero attached hydrogens (tertiary/aromatic N) is 1. The normalized spacial score (nSPS) is 13.8. The highest BCUT2D eigenvalue weighted by Gasteiger charge is 2.07. The molecule has 0 aromatic carbocycles. The maximum absolute atomic E-state index is 11.0. The largest absolute Gasteiger partial charge is 0.319 e. The lowest BCUT2D eigenvalue weighted by Gasteiger charge is -2.16. The molecule has 12 heavy (non-hydrogen) atoms. The standard InChI is InChI=1S/C10H13NO/c1-8(11(3)9(2)12)10-6-4-5-7-10/h4-7H,1-3H3.